The fourth-order valence-electron chi connectivity index (χ4n) is 2.62. The van der Waals surface area contributed by atoms with Gasteiger partial charge < -0.3 is 15.4 Å². The number of urea groups is 1. The molecule has 24 heavy (non-hydrogen) atoms. The van der Waals surface area contributed by atoms with Gasteiger partial charge in [-0.15, -0.1) is 0 Å². The molecule has 0 bridgehead atoms. The summed E-state index contributed by atoms with van der Waals surface area (Å²) in [5, 5.41) is 5.70. The van der Waals surface area contributed by atoms with Crippen molar-refractivity contribution in [1.29, 1.82) is 0 Å². The Hall–Kier alpha value is -2.49. The van der Waals surface area contributed by atoms with E-state index in [0.717, 1.165) is 34.5 Å². The van der Waals surface area contributed by atoms with Crippen molar-refractivity contribution in [2.45, 2.75) is 40.0 Å². The molecule has 4 heteroatoms. The Labute approximate surface area is 144 Å². The molecule has 2 aromatic carbocycles. The van der Waals surface area contributed by atoms with Gasteiger partial charge >= 0.3 is 6.03 Å². The van der Waals surface area contributed by atoms with Crippen molar-refractivity contribution in [3.05, 3.63) is 59.2 Å². The highest BCUT2D eigenvalue weighted by Gasteiger charge is 2.11. The van der Waals surface area contributed by atoms with Gasteiger partial charge in [0.2, 0.25) is 0 Å². The molecule has 0 spiro atoms. The van der Waals surface area contributed by atoms with E-state index in [1.54, 1.807) is 0 Å². The maximum absolute atomic E-state index is 12.2. The van der Waals surface area contributed by atoms with E-state index in [-0.39, 0.29) is 12.8 Å². The average Bonchev–Trinajstić information content (AvgIpc) is 2.57. The molecule has 0 aromatic heterocycles. The van der Waals surface area contributed by atoms with E-state index in [2.05, 4.69) is 31.4 Å². The Kier molecular flexibility index (Phi) is 6.24. The molecule has 0 saturated heterocycles. The van der Waals surface area contributed by atoms with Crippen molar-refractivity contribution < 1.29 is 9.53 Å². The van der Waals surface area contributed by atoms with Crippen molar-refractivity contribution in [1.82, 2.24) is 5.32 Å². The Morgan fingerprint density at radius 1 is 1.12 bits per heavy atom. The lowest BCUT2D eigenvalue weighted by Gasteiger charge is -2.17. The highest BCUT2D eigenvalue weighted by molar-refractivity contribution is 5.91. The van der Waals surface area contributed by atoms with Crippen LogP contribution in [-0.2, 0) is 6.42 Å². The SMILES string of the molecule is CCc1ccccc1OCNC(=O)Nc1c(C)cccc1C(C)C. The molecule has 0 saturated carbocycles. The number of para-hydroxylation sites is 2. The number of benzene rings is 2. The van der Waals surface area contributed by atoms with E-state index >= 15 is 0 Å². The number of aryl methyl sites for hydroxylation is 2. The molecular weight excluding hydrogens is 300 g/mol. The van der Waals surface area contributed by atoms with Gasteiger partial charge in [-0.1, -0.05) is 57.2 Å². The maximum Gasteiger partial charge on any atom is 0.321 e. The second-order valence-electron chi connectivity index (χ2n) is 6.07. The van der Waals surface area contributed by atoms with Crippen LogP contribution in [0.5, 0.6) is 5.75 Å². The van der Waals surface area contributed by atoms with Crippen LogP contribution >= 0.6 is 0 Å². The van der Waals surface area contributed by atoms with Crippen molar-refractivity contribution in [3.8, 4) is 5.75 Å². The quantitative estimate of drug-likeness (QED) is 0.746. The number of carbonyl (C=O) groups is 1. The molecule has 128 valence electrons. The summed E-state index contributed by atoms with van der Waals surface area (Å²) in [5.41, 5.74) is 4.18. The van der Waals surface area contributed by atoms with Gasteiger partial charge in [0.05, 0.1) is 0 Å². The van der Waals surface area contributed by atoms with E-state index in [9.17, 15) is 4.79 Å². The summed E-state index contributed by atoms with van der Waals surface area (Å²) in [5.74, 6) is 1.15. The second kappa shape index (κ2) is 8.39. The van der Waals surface area contributed by atoms with Gasteiger partial charge in [0.15, 0.2) is 6.73 Å². The monoisotopic (exact) mass is 326 g/mol. The minimum Gasteiger partial charge on any atom is -0.473 e. The summed E-state index contributed by atoms with van der Waals surface area (Å²) in [6.07, 6.45) is 0.892. The number of hydrogen-bond acceptors (Lipinski definition) is 2. The molecule has 2 amide bonds. The molecule has 0 aliphatic rings. The first-order chi connectivity index (χ1) is 11.5. The zero-order chi connectivity index (χ0) is 17.5. The number of amides is 2. The molecule has 0 atom stereocenters. The first-order valence-corrected chi connectivity index (χ1v) is 8.38. The fraction of sp³-hybridized carbons (Fsp3) is 0.350. The maximum atomic E-state index is 12.2. The molecule has 0 radical (unpaired) electrons. The molecule has 2 aromatic rings. The third-order valence-electron chi connectivity index (χ3n) is 3.98. The zero-order valence-electron chi connectivity index (χ0n) is 14.8. The van der Waals surface area contributed by atoms with E-state index in [1.165, 1.54) is 0 Å². The topological polar surface area (TPSA) is 50.4 Å². The van der Waals surface area contributed by atoms with Crippen LogP contribution in [0, 0.1) is 6.92 Å². The third kappa shape index (κ3) is 4.51. The predicted octanol–water partition coefficient (Wildman–Crippen LogP) is 4.84. The minimum absolute atomic E-state index is 0.131. The number of carbonyl (C=O) groups excluding carboxylic acids is 1. The molecule has 0 unspecified atom stereocenters. The van der Waals surface area contributed by atoms with Gasteiger partial charge in [-0.25, -0.2) is 4.79 Å². The number of rotatable bonds is 6. The molecule has 4 nitrogen and oxygen atoms in total. The van der Waals surface area contributed by atoms with Crippen LogP contribution in [0.15, 0.2) is 42.5 Å². The van der Waals surface area contributed by atoms with Crippen LogP contribution in [0.25, 0.3) is 0 Å². The average molecular weight is 326 g/mol. The summed E-state index contributed by atoms with van der Waals surface area (Å²) >= 11 is 0. The molecule has 0 fully saturated rings. The summed E-state index contributed by atoms with van der Waals surface area (Å²) in [4.78, 5) is 12.2. The molecule has 2 rings (SSSR count). The van der Waals surface area contributed by atoms with Crippen molar-refractivity contribution >= 4 is 11.7 Å². The number of anilines is 1. The van der Waals surface area contributed by atoms with E-state index in [4.69, 9.17) is 4.74 Å². The van der Waals surface area contributed by atoms with Gasteiger partial charge in [-0.3, -0.25) is 0 Å². The minimum atomic E-state index is -0.264. The highest BCUT2D eigenvalue weighted by Crippen LogP contribution is 2.27. The van der Waals surface area contributed by atoms with Crippen LogP contribution in [0.3, 0.4) is 0 Å². The second-order valence-corrected chi connectivity index (χ2v) is 6.07. The van der Waals surface area contributed by atoms with Gasteiger partial charge in [-0.2, -0.15) is 0 Å². The Morgan fingerprint density at radius 3 is 2.58 bits per heavy atom. The Morgan fingerprint density at radius 2 is 1.88 bits per heavy atom. The van der Waals surface area contributed by atoms with E-state index < -0.39 is 0 Å². The lowest BCUT2D eigenvalue weighted by molar-refractivity contribution is 0.234. The van der Waals surface area contributed by atoms with Crippen LogP contribution in [0.1, 0.15) is 43.4 Å². The van der Waals surface area contributed by atoms with E-state index in [0.29, 0.717) is 5.92 Å². The molecule has 2 N–H and O–H groups in total. The molecule has 0 aliphatic heterocycles. The predicted molar refractivity (Wildman–Crippen MR) is 98.7 cm³/mol. The van der Waals surface area contributed by atoms with Crippen molar-refractivity contribution in [3.63, 3.8) is 0 Å². The third-order valence-corrected chi connectivity index (χ3v) is 3.98. The van der Waals surface area contributed by atoms with Gasteiger partial charge in [0.1, 0.15) is 5.75 Å². The summed E-state index contributed by atoms with van der Waals surface area (Å²) in [7, 11) is 0. The Balaban J connectivity index is 1.95. The Bertz CT molecular complexity index is 696. The molecule has 0 aliphatic carbocycles. The largest absolute Gasteiger partial charge is 0.473 e. The summed E-state index contributed by atoms with van der Waals surface area (Å²) in [6, 6.07) is 13.6. The van der Waals surface area contributed by atoms with Crippen molar-refractivity contribution in [2.24, 2.45) is 0 Å². The van der Waals surface area contributed by atoms with E-state index in [1.807, 2.05) is 49.4 Å². The number of hydrogen-bond donors (Lipinski definition) is 2. The van der Waals surface area contributed by atoms with Crippen molar-refractivity contribution in [2.75, 3.05) is 12.0 Å². The first-order valence-electron chi connectivity index (χ1n) is 8.38. The van der Waals surface area contributed by atoms with Crippen LogP contribution in [-0.4, -0.2) is 12.8 Å². The molecule has 0 heterocycles. The van der Waals surface area contributed by atoms with Gasteiger partial charge in [-0.05, 0) is 42.0 Å². The smallest absolute Gasteiger partial charge is 0.321 e. The van der Waals surface area contributed by atoms with Gasteiger partial charge in [0, 0.05) is 5.69 Å². The highest BCUT2D eigenvalue weighted by atomic mass is 16.5. The lowest BCUT2D eigenvalue weighted by Crippen LogP contribution is -2.32. The number of ether oxygens (including phenoxy) is 1. The van der Waals surface area contributed by atoms with Crippen LogP contribution in [0.4, 0.5) is 10.5 Å². The van der Waals surface area contributed by atoms with Gasteiger partial charge in [0.25, 0.3) is 0 Å². The van der Waals surface area contributed by atoms with Crippen LogP contribution < -0.4 is 15.4 Å². The zero-order valence-corrected chi connectivity index (χ0v) is 14.8. The molecular formula is C20H26N2O2. The lowest BCUT2D eigenvalue weighted by atomic mass is 9.98. The standard InChI is InChI=1S/C20H26N2O2/c1-5-16-10-6-7-12-18(16)24-13-21-20(23)22-19-15(4)9-8-11-17(19)14(2)3/h6-12,14H,5,13H2,1-4H3,(H2,21,22,23). The summed E-state index contributed by atoms with van der Waals surface area (Å²) < 4.78 is 5.67. The normalized spacial score (nSPS) is 10.5. The first kappa shape index (κ1) is 17.9. The fourth-order valence-corrected chi connectivity index (χ4v) is 2.62. The number of nitrogens with one attached hydrogen (secondary N) is 2. The van der Waals surface area contributed by atoms with Crippen LogP contribution in [0.2, 0.25) is 0 Å². The summed E-state index contributed by atoms with van der Waals surface area (Å²) in [6.45, 7) is 8.43.